The van der Waals surface area contributed by atoms with Crippen LogP contribution in [0.1, 0.15) is 11.4 Å². The smallest absolute Gasteiger partial charge is 0.131 e. The number of aromatic nitrogens is 2. The Morgan fingerprint density at radius 3 is 2.45 bits per heavy atom. The van der Waals surface area contributed by atoms with Crippen molar-refractivity contribution < 1.29 is 0 Å². The molecular formula is C17H15I2N3. The quantitative estimate of drug-likeness (QED) is 0.498. The van der Waals surface area contributed by atoms with Crippen molar-refractivity contribution in [2.45, 2.75) is 0 Å². The molecule has 112 valence electrons. The Balaban J connectivity index is 1.87. The number of aromatic amines is 1. The van der Waals surface area contributed by atoms with Gasteiger partial charge < -0.3 is 9.88 Å². The topological polar surface area (TPSA) is 31.9 Å². The van der Waals surface area contributed by atoms with Crippen molar-refractivity contribution in [3.8, 4) is 0 Å². The van der Waals surface area contributed by atoms with Crippen LogP contribution in [0.5, 0.6) is 0 Å². The number of nitrogens with one attached hydrogen (secondary N) is 1. The van der Waals surface area contributed by atoms with E-state index in [0.29, 0.717) is 0 Å². The molecule has 3 rings (SSSR count). The van der Waals surface area contributed by atoms with Gasteiger partial charge in [-0.3, -0.25) is 0 Å². The minimum atomic E-state index is 0.881. The zero-order chi connectivity index (χ0) is 15.7. The third-order valence-corrected chi connectivity index (χ3v) is 4.81. The lowest BCUT2D eigenvalue weighted by atomic mass is 10.2. The fourth-order valence-corrected chi connectivity index (χ4v) is 4.16. The van der Waals surface area contributed by atoms with Gasteiger partial charge in [0.25, 0.3) is 0 Å². The average Bonchev–Trinajstić information content (AvgIpc) is 2.89. The number of rotatable bonds is 3. The van der Waals surface area contributed by atoms with Gasteiger partial charge in [-0.25, -0.2) is 4.98 Å². The Morgan fingerprint density at radius 2 is 1.77 bits per heavy atom. The molecule has 1 N–H and O–H groups in total. The molecule has 0 spiro atoms. The molecule has 3 nitrogen and oxygen atoms in total. The first-order valence-corrected chi connectivity index (χ1v) is 8.99. The summed E-state index contributed by atoms with van der Waals surface area (Å²) in [6, 6.07) is 12.7. The molecule has 2 aromatic carbocycles. The number of hydrogen-bond donors (Lipinski definition) is 1. The lowest BCUT2D eigenvalue weighted by Crippen LogP contribution is -2.07. The van der Waals surface area contributed by atoms with Crippen LogP contribution in [-0.2, 0) is 0 Å². The predicted molar refractivity (Wildman–Crippen MR) is 111 cm³/mol. The Bertz CT molecular complexity index is 833. The first kappa shape index (κ1) is 15.8. The van der Waals surface area contributed by atoms with Crippen LogP contribution in [0.25, 0.3) is 23.2 Å². The summed E-state index contributed by atoms with van der Waals surface area (Å²) >= 11 is 4.66. The van der Waals surface area contributed by atoms with Crippen molar-refractivity contribution in [3.05, 3.63) is 54.9 Å². The van der Waals surface area contributed by atoms with Crippen LogP contribution in [0.4, 0.5) is 5.69 Å². The number of fused-ring (bicyclic) bond motifs is 1. The van der Waals surface area contributed by atoms with Gasteiger partial charge in [0.15, 0.2) is 0 Å². The van der Waals surface area contributed by atoms with E-state index >= 15 is 0 Å². The minimum Gasteiger partial charge on any atom is -0.378 e. The Morgan fingerprint density at radius 1 is 1.05 bits per heavy atom. The molecule has 0 unspecified atom stereocenters. The third-order valence-electron chi connectivity index (χ3n) is 3.37. The molecule has 0 radical (unpaired) electrons. The highest BCUT2D eigenvalue weighted by atomic mass is 127. The highest BCUT2D eigenvalue weighted by Gasteiger charge is 2.05. The van der Waals surface area contributed by atoms with Crippen LogP contribution in [-0.4, -0.2) is 24.1 Å². The molecule has 0 saturated carbocycles. The standard InChI is InChI=1S/C17H15I2N3/c1-22(2)13-6-3-11(4-7-13)5-8-16-20-15-10-12(18)9-14(19)17(15)21-16/h3-10H,1-2H3,(H,20,21)/b8-5+. The van der Waals surface area contributed by atoms with E-state index in [-0.39, 0.29) is 0 Å². The summed E-state index contributed by atoms with van der Waals surface area (Å²) in [4.78, 5) is 10.1. The maximum Gasteiger partial charge on any atom is 0.131 e. The van der Waals surface area contributed by atoms with Gasteiger partial charge in [-0.05, 0) is 81.1 Å². The lowest BCUT2D eigenvalue weighted by molar-refractivity contribution is 1.13. The molecule has 0 aliphatic carbocycles. The van der Waals surface area contributed by atoms with Crippen LogP contribution < -0.4 is 4.90 Å². The Labute approximate surface area is 157 Å². The fourth-order valence-electron chi connectivity index (χ4n) is 2.20. The van der Waals surface area contributed by atoms with Gasteiger partial charge in [-0.1, -0.05) is 18.2 Å². The van der Waals surface area contributed by atoms with E-state index in [4.69, 9.17) is 0 Å². The van der Waals surface area contributed by atoms with Crippen molar-refractivity contribution in [2.24, 2.45) is 0 Å². The van der Waals surface area contributed by atoms with Crippen LogP contribution >= 0.6 is 45.2 Å². The van der Waals surface area contributed by atoms with E-state index in [9.17, 15) is 0 Å². The number of H-pyrrole nitrogens is 1. The molecule has 0 bridgehead atoms. The number of hydrogen-bond acceptors (Lipinski definition) is 2. The number of benzene rings is 2. The molecule has 0 amide bonds. The number of nitrogens with zero attached hydrogens (tertiary/aromatic N) is 2. The summed E-state index contributed by atoms with van der Waals surface area (Å²) in [7, 11) is 4.09. The number of imidazole rings is 1. The third kappa shape index (κ3) is 3.45. The first-order chi connectivity index (χ1) is 10.5. The summed E-state index contributed by atoms with van der Waals surface area (Å²) < 4.78 is 2.39. The second-order valence-electron chi connectivity index (χ2n) is 5.23. The van der Waals surface area contributed by atoms with Crippen LogP contribution in [0, 0.1) is 7.14 Å². The molecule has 0 aliphatic heterocycles. The fraction of sp³-hybridized carbons (Fsp3) is 0.118. The molecule has 1 aromatic heterocycles. The van der Waals surface area contributed by atoms with Crippen LogP contribution in [0.2, 0.25) is 0 Å². The maximum absolute atomic E-state index is 4.65. The Kier molecular flexibility index (Phi) is 4.72. The van der Waals surface area contributed by atoms with Gasteiger partial charge in [-0.15, -0.1) is 0 Å². The SMILES string of the molecule is CN(C)c1ccc(/C=C/c2nc3c(I)cc(I)cc3[nH]2)cc1. The molecule has 0 aliphatic rings. The summed E-state index contributed by atoms with van der Waals surface area (Å²) in [6.07, 6.45) is 4.10. The monoisotopic (exact) mass is 515 g/mol. The van der Waals surface area contributed by atoms with Gasteiger partial charge in [-0.2, -0.15) is 0 Å². The van der Waals surface area contributed by atoms with E-state index in [2.05, 4.69) is 103 Å². The highest BCUT2D eigenvalue weighted by molar-refractivity contribution is 14.1. The van der Waals surface area contributed by atoms with E-state index in [0.717, 1.165) is 22.4 Å². The van der Waals surface area contributed by atoms with Crippen LogP contribution in [0.15, 0.2) is 36.4 Å². The minimum absolute atomic E-state index is 0.881. The van der Waals surface area contributed by atoms with E-state index in [1.54, 1.807) is 0 Å². The summed E-state index contributed by atoms with van der Waals surface area (Å²) in [6.45, 7) is 0. The zero-order valence-electron chi connectivity index (χ0n) is 12.3. The molecule has 3 aromatic rings. The number of anilines is 1. The second kappa shape index (κ2) is 6.57. The predicted octanol–water partition coefficient (Wildman–Crippen LogP) is 5.01. The van der Waals surface area contributed by atoms with Crippen molar-refractivity contribution in [1.82, 2.24) is 9.97 Å². The van der Waals surface area contributed by atoms with Gasteiger partial charge >= 0.3 is 0 Å². The second-order valence-corrected chi connectivity index (χ2v) is 7.63. The normalized spacial score (nSPS) is 11.5. The summed E-state index contributed by atoms with van der Waals surface area (Å²) in [5.74, 6) is 0.881. The highest BCUT2D eigenvalue weighted by Crippen LogP contribution is 2.22. The van der Waals surface area contributed by atoms with E-state index in [1.165, 1.54) is 12.8 Å². The molecule has 0 fully saturated rings. The molecule has 0 saturated heterocycles. The van der Waals surface area contributed by atoms with Crippen molar-refractivity contribution in [3.63, 3.8) is 0 Å². The summed E-state index contributed by atoms with van der Waals surface area (Å²) in [5, 5.41) is 0. The molecule has 5 heteroatoms. The van der Waals surface area contributed by atoms with Crippen molar-refractivity contribution in [1.29, 1.82) is 0 Å². The summed E-state index contributed by atoms with van der Waals surface area (Å²) in [5.41, 5.74) is 4.47. The molecular weight excluding hydrogens is 500 g/mol. The van der Waals surface area contributed by atoms with E-state index < -0.39 is 0 Å². The van der Waals surface area contributed by atoms with Gasteiger partial charge in [0.1, 0.15) is 11.3 Å². The van der Waals surface area contributed by atoms with Gasteiger partial charge in [0, 0.05) is 26.9 Å². The maximum atomic E-state index is 4.65. The van der Waals surface area contributed by atoms with Gasteiger partial charge in [0.05, 0.1) is 5.52 Å². The van der Waals surface area contributed by atoms with Crippen LogP contribution in [0.3, 0.4) is 0 Å². The van der Waals surface area contributed by atoms with Crippen molar-refractivity contribution >= 4 is 74.1 Å². The molecule has 1 heterocycles. The van der Waals surface area contributed by atoms with Crippen molar-refractivity contribution in [2.75, 3.05) is 19.0 Å². The first-order valence-electron chi connectivity index (χ1n) is 6.83. The molecule has 22 heavy (non-hydrogen) atoms. The lowest BCUT2D eigenvalue weighted by Gasteiger charge is -2.11. The Hall–Kier alpha value is -1.09. The van der Waals surface area contributed by atoms with Gasteiger partial charge in [0.2, 0.25) is 0 Å². The zero-order valence-corrected chi connectivity index (χ0v) is 16.6. The number of halogens is 2. The average molecular weight is 515 g/mol. The van der Waals surface area contributed by atoms with E-state index in [1.807, 2.05) is 20.2 Å². The molecule has 0 atom stereocenters. The largest absolute Gasteiger partial charge is 0.378 e.